The summed E-state index contributed by atoms with van der Waals surface area (Å²) in [6.07, 6.45) is 1.58. The molecule has 0 aliphatic rings. The molecule has 2 N–H and O–H groups in total. The maximum atomic E-state index is 5.37. The predicted octanol–water partition coefficient (Wildman–Crippen LogP) is 3.54. The highest BCUT2D eigenvalue weighted by molar-refractivity contribution is 5.65. The minimum atomic E-state index is 0.468. The van der Waals surface area contributed by atoms with Gasteiger partial charge in [-0.25, -0.2) is 0 Å². The second kappa shape index (κ2) is 7.41. The van der Waals surface area contributed by atoms with Crippen molar-refractivity contribution in [3.8, 4) is 5.75 Å². The van der Waals surface area contributed by atoms with Gasteiger partial charge in [0.25, 0.3) is 0 Å². The van der Waals surface area contributed by atoms with Crippen molar-refractivity contribution in [2.24, 2.45) is 0 Å². The molecule has 6 heteroatoms. The lowest BCUT2D eigenvalue weighted by Crippen LogP contribution is -2.06. The fourth-order valence-electron chi connectivity index (χ4n) is 2.27. The SMILES string of the molecule is COc1ccc(C)cc1Nc1cnnc(NCc2ccccc2)n1. The highest BCUT2D eigenvalue weighted by Gasteiger charge is 2.06. The van der Waals surface area contributed by atoms with Crippen LogP contribution in [-0.4, -0.2) is 22.3 Å². The number of nitrogens with zero attached hydrogens (tertiary/aromatic N) is 3. The Hall–Kier alpha value is -3.15. The van der Waals surface area contributed by atoms with Gasteiger partial charge < -0.3 is 15.4 Å². The van der Waals surface area contributed by atoms with E-state index in [-0.39, 0.29) is 0 Å². The summed E-state index contributed by atoms with van der Waals surface area (Å²) < 4.78 is 5.37. The second-order valence-corrected chi connectivity index (χ2v) is 5.33. The first-order chi connectivity index (χ1) is 11.7. The number of rotatable bonds is 6. The molecule has 1 heterocycles. The van der Waals surface area contributed by atoms with Gasteiger partial charge in [-0.15, -0.1) is 5.10 Å². The van der Waals surface area contributed by atoms with Gasteiger partial charge in [0.05, 0.1) is 19.0 Å². The van der Waals surface area contributed by atoms with Gasteiger partial charge in [0.2, 0.25) is 5.95 Å². The van der Waals surface area contributed by atoms with E-state index in [4.69, 9.17) is 4.74 Å². The molecule has 0 bridgehead atoms. The zero-order valence-corrected chi connectivity index (χ0v) is 13.7. The summed E-state index contributed by atoms with van der Waals surface area (Å²) in [5.74, 6) is 1.82. The van der Waals surface area contributed by atoms with E-state index in [1.807, 2.05) is 55.5 Å². The van der Waals surface area contributed by atoms with Crippen LogP contribution in [0.1, 0.15) is 11.1 Å². The Morgan fingerprint density at radius 3 is 2.71 bits per heavy atom. The molecular formula is C18H19N5O. The number of hydrogen-bond acceptors (Lipinski definition) is 6. The van der Waals surface area contributed by atoms with E-state index in [0.717, 1.165) is 22.6 Å². The molecule has 1 aromatic heterocycles. The number of anilines is 3. The summed E-state index contributed by atoms with van der Waals surface area (Å²) in [6, 6.07) is 16.0. The molecule has 0 saturated heterocycles. The molecule has 2 aromatic carbocycles. The van der Waals surface area contributed by atoms with Gasteiger partial charge in [0.1, 0.15) is 5.75 Å². The second-order valence-electron chi connectivity index (χ2n) is 5.33. The van der Waals surface area contributed by atoms with Crippen LogP contribution in [0.15, 0.2) is 54.7 Å². The van der Waals surface area contributed by atoms with E-state index >= 15 is 0 Å². The summed E-state index contributed by atoms with van der Waals surface area (Å²) in [6.45, 7) is 2.66. The van der Waals surface area contributed by atoms with Gasteiger partial charge in [-0.2, -0.15) is 10.1 Å². The molecular weight excluding hydrogens is 302 g/mol. The molecule has 0 aliphatic heterocycles. The Morgan fingerprint density at radius 1 is 1.08 bits per heavy atom. The Bertz CT molecular complexity index is 808. The smallest absolute Gasteiger partial charge is 0.244 e. The summed E-state index contributed by atoms with van der Waals surface area (Å²) >= 11 is 0. The van der Waals surface area contributed by atoms with E-state index in [9.17, 15) is 0 Å². The normalized spacial score (nSPS) is 10.2. The van der Waals surface area contributed by atoms with Crippen molar-refractivity contribution in [3.05, 3.63) is 65.9 Å². The van der Waals surface area contributed by atoms with Crippen molar-refractivity contribution in [2.75, 3.05) is 17.7 Å². The minimum Gasteiger partial charge on any atom is -0.495 e. The Labute approximate surface area is 140 Å². The average Bonchev–Trinajstić information content (AvgIpc) is 2.61. The van der Waals surface area contributed by atoms with Crippen LogP contribution in [-0.2, 0) is 6.54 Å². The Morgan fingerprint density at radius 2 is 1.92 bits per heavy atom. The van der Waals surface area contributed by atoms with Gasteiger partial charge in [-0.3, -0.25) is 0 Å². The lowest BCUT2D eigenvalue weighted by molar-refractivity contribution is 0.416. The van der Waals surface area contributed by atoms with Crippen molar-refractivity contribution in [3.63, 3.8) is 0 Å². The van der Waals surface area contributed by atoms with Crippen LogP contribution in [0.5, 0.6) is 5.75 Å². The number of hydrogen-bond donors (Lipinski definition) is 2. The predicted molar refractivity (Wildman–Crippen MR) is 94.6 cm³/mol. The summed E-state index contributed by atoms with van der Waals surface area (Å²) in [4.78, 5) is 4.44. The Balaban J connectivity index is 1.72. The number of aromatic nitrogens is 3. The number of nitrogens with one attached hydrogen (secondary N) is 2. The van der Waals surface area contributed by atoms with Crippen molar-refractivity contribution < 1.29 is 4.74 Å². The molecule has 0 fully saturated rings. The molecule has 0 atom stereocenters. The average molecular weight is 321 g/mol. The van der Waals surface area contributed by atoms with Crippen LogP contribution in [0.2, 0.25) is 0 Å². The molecule has 0 radical (unpaired) electrons. The number of aryl methyl sites for hydroxylation is 1. The highest BCUT2D eigenvalue weighted by atomic mass is 16.5. The molecule has 24 heavy (non-hydrogen) atoms. The zero-order valence-electron chi connectivity index (χ0n) is 13.7. The molecule has 0 saturated carbocycles. The number of methoxy groups -OCH3 is 1. The van der Waals surface area contributed by atoms with Crippen LogP contribution in [0, 0.1) is 6.92 Å². The van der Waals surface area contributed by atoms with Gasteiger partial charge >= 0.3 is 0 Å². The van der Waals surface area contributed by atoms with E-state index in [0.29, 0.717) is 18.3 Å². The molecule has 6 nitrogen and oxygen atoms in total. The van der Waals surface area contributed by atoms with E-state index in [2.05, 4.69) is 25.8 Å². The quantitative estimate of drug-likeness (QED) is 0.723. The fraction of sp³-hybridized carbons (Fsp3) is 0.167. The van der Waals surface area contributed by atoms with Crippen LogP contribution in [0.3, 0.4) is 0 Å². The molecule has 0 amide bonds. The number of ether oxygens (including phenoxy) is 1. The highest BCUT2D eigenvalue weighted by Crippen LogP contribution is 2.27. The lowest BCUT2D eigenvalue weighted by atomic mass is 10.2. The largest absolute Gasteiger partial charge is 0.495 e. The molecule has 3 rings (SSSR count). The first-order valence-corrected chi connectivity index (χ1v) is 7.64. The maximum absolute atomic E-state index is 5.37. The monoisotopic (exact) mass is 321 g/mol. The topological polar surface area (TPSA) is 72.0 Å². The molecule has 0 unspecified atom stereocenters. The van der Waals surface area contributed by atoms with E-state index in [1.165, 1.54) is 0 Å². The number of benzene rings is 2. The first-order valence-electron chi connectivity index (χ1n) is 7.64. The molecule has 0 aliphatic carbocycles. The third kappa shape index (κ3) is 3.98. The van der Waals surface area contributed by atoms with Crippen LogP contribution in [0.25, 0.3) is 0 Å². The van der Waals surface area contributed by atoms with Crippen molar-refractivity contribution >= 4 is 17.5 Å². The molecule has 3 aromatic rings. The van der Waals surface area contributed by atoms with Gasteiger partial charge in [-0.1, -0.05) is 36.4 Å². The van der Waals surface area contributed by atoms with E-state index in [1.54, 1.807) is 13.3 Å². The summed E-state index contributed by atoms with van der Waals surface area (Å²) in [7, 11) is 1.64. The third-order valence-electron chi connectivity index (χ3n) is 3.47. The van der Waals surface area contributed by atoms with Gasteiger partial charge in [0, 0.05) is 6.54 Å². The maximum Gasteiger partial charge on any atom is 0.244 e. The Kier molecular flexibility index (Phi) is 4.86. The third-order valence-corrected chi connectivity index (χ3v) is 3.47. The fourth-order valence-corrected chi connectivity index (χ4v) is 2.27. The van der Waals surface area contributed by atoms with Crippen molar-refractivity contribution in [2.45, 2.75) is 13.5 Å². The van der Waals surface area contributed by atoms with Crippen LogP contribution < -0.4 is 15.4 Å². The summed E-state index contributed by atoms with van der Waals surface area (Å²) in [5, 5.41) is 14.4. The standard InChI is InChI=1S/C18H19N5O/c1-13-8-9-16(24-2)15(10-13)21-17-12-20-23-18(22-17)19-11-14-6-4-3-5-7-14/h3-10,12H,11H2,1-2H3,(H2,19,21,22,23). The molecule has 122 valence electrons. The van der Waals surface area contributed by atoms with Crippen molar-refractivity contribution in [1.29, 1.82) is 0 Å². The lowest BCUT2D eigenvalue weighted by Gasteiger charge is -2.12. The van der Waals surface area contributed by atoms with Crippen LogP contribution in [0.4, 0.5) is 17.5 Å². The zero-order chi connectivity index (χ0) is 16.8. The first kappa shape index (κ1) is 15.7. The van der Waals surface area contributed by atoms with Gasteiger partial charge in [0.15, 0.2) is 5.82 Å². The minimum absolute atomic E-state index is 0.468. The van der Waals surface area contributed by atoms with Crippen molar-refractivity contribution in [1.82, 2.24) is 15.2 Å². The van der Waals surface area contributed by atoms with E-state index < -0.39 is 0 Å². The van der Waals surface area contributed by atoms with Crippen LogP contribution >= 0.6 is 0 Å². The summed E-state index contributed by atoms with van der Waals surface area (Å²) in [5.41, 5.74) is 3.12. The molecule has 0 spiro atoms. The van der Waals surface area contributed by atoms with Gasteiger partial charge in [-0.05, 0) is 30.2 Å².